The summed E-state index contributed by atoms with van der Waals surface area (Å²) < 4.78 is 7.28. The largest absolute Gasteiger partial charge is 0.494 e. The molecule has 0 fully saturated rings. The van der Waals surface area contributed by atoms with Gasteiger partial charge in [0.25, 0.3) is 5.56 Å². The van der Waals surface area contributed by atoms with Crippen molar-refractivity contribution >= 4 is 5.69 Å². The molecule has 0 aliphatic rings. The maximum atomic E-state index is 11.6. The first-order chi connectivity index (χ1) is 9.65. The van der Waals surface area contributed by atoms with Gasteiger partial charge in [0.2, 0.25) is 0 Å². The molecule has 0 bridgehead atoms. The van der Waals surface area contributed by atoms with Gasteiger partial charge in [0, 0.05) is 24.5 Å². The van der Waals surface area contributed by atoms with E-state index in [0.29, 0.717) is 18.8 Å². The van der Waals surface area contributed by atoms with E-state index in [1.807, 2.05) is 31.2 Å². The summed E-state index contributed by atoms with van der Waals surface area (Å²) in [6.45, 7) is 3.37. The highest BCUT2D eigenvalue weighted by Gasteiger charge is 1.97. The number of unbranched alkanes of at least 4 members (excludes halogenated alkanes) is 1. The Labute approximate surface area is 118 Å². The summed E-state index contributed by atoms with van der Waals surface area (Å²) in [4.78, 5) is 11.6. The van der Waals surface area contributed by atoms with Crippen LogP contribution in [0.1, 0.15) is 18.4 Å². The maximum absolute atomic E-state index is 11.6. The molecule has 0 saturated heterocycles. The van der Waals surface area contributed by atoms with Gasteiger partial charge in [0.05, 0.1) is 6.61 Å². The highest BCUT2D eigenvalue weighted by atomic mass is 16.5. The third kappa shape index (κ3) is 4.16. The Morgan fingerprint density at radius 1 is 1.10 bits per heavy atom. The Morgan fingerprint density at radius 2 is 1.85 bits per heavy atom. The zero-order valence-corrected chi connectivity index (χ0v) is 11.7. The van der Waals surface area contributed by atoms with Gasteiger partial charge in [-0.1, -0.05) is 17.7 Å². The summed E-state index contributed by atoms with van der Waals surface area (Å²) >= 11 is 0. The molecule has 0 amide bonds. The first kappa shape index (κ1) is 14.2. The van der Waals surface area contributed by atoms with Gasteiger partial charge in [0.1, 0.15) is 5.75 Å². The zero-order valence-electron chi connectivity index (χ0n) is 11.7. The number of hydrogen-bond donors (Lipinski definition) is 1. The second kappa shape index (κ2) is 6.80. The molecule has 0 spiro atoms. The molecular formula is C16H20N2O2. The first-order valence-electron chi connectivity index (χ1n) is 6.80. The van der Waals surface area contributed by atoms with Crippen LogP contribution in [0.3, 0.4) is 0 Å². The number of rotatable bonds is 6. The van der Waals surface area contributed by atoms with Crippen LogP contribution in [0.5, 0.6) is 5.75 Å². The number of hydrogen-bond acceptors (Lipinski definition) is 3. The summed E-state index contributed by atoms with van der Waals surface area (Å²) in [6.07, 6.45) is 3.47. The monoisotopic (exact) mass is 272 g/mol. The fourth-order valence-corrected chi connectivity index (χ4v) is 1.93. The van der Waals surface area contributed by atoms with Gasteiger partial charge in [-0.3, -0.25) is 4.79 Å². The van der Waals surface area contributed by atoms with E-state index in [1.54, 1.807) is 16.8 Å². The minimum atomic E-state index is -0.0151. The maximum Gasteiger partial charge on any atom is 0.250 e. The summed E-state index contributed by atoms with van der Waals surface area (Å²) in [5, 5.41) is 0. The molecular weight excluding hydrogens is 252 g/mol. The second-order valence-electron chi connectivity index (χ2n) is 4.86. The number of benzene rings is 1. The van der Waals surface area contributed by atoms with Crippen molar-refractivity contribution in [3.05, 3.63) is 58.5 Å². The van der Waals surface area contributed by atoms with Crippen molar-refractivity contribution in [3.63, 3.8) is 0 Å². The Hall–Kier alpha value is -2.23. The van der Waals surface area contributed by atoms with Crippen LogP contribution in [0.15, 0.2) is 47.4 Å². The minimum absolute atomic E-state index is 0.0151. The van der Waals surface area contributed by atoms with Crippen molar-refractivity contribution in [1.82, 2.24) is 4.57 Å². The van der Waals surface area contributed by atoms with Crippen molar-refractivity contribution < 1.29 is 4.74 Å². The predicted octanol–water partition coefficient (Wildman–Crippen LogP) is 2.60. The second-order valence-corrected chi connectivity index (χ2v) is 4.86. The van der Waals surface area contributed by atoms with E-state index in [0.717, 1.165) is 18.6 Å². The van der Waals surface area contributed by atoms with E-state index in [-0.39, 0.29) is 5.56 Å². The molecule has 2 aromatic rings. The first-order valence-corrected chi connectivity index (χ1v) is 6.80. The molecule has 0 atom stereocenters. The number of nitrogens with two attached hydrogens (primary N) is 1. The van der Waals surface area contributed by atoms with E-state index < -0.39 is 0 Å². The Morgan fingerprint density at radius 3 is 2.60 bits per heavy atom. The lowest BCUT2D eigenvalue weighted by atomic mass is 10.2. The molecule has 1 aromatic heterocycles. The van der Waals surface area contributed by atoms with Crippen molar-refractivity contribution in [2.75, 3.05) is 12.3 Å². The molecule has 0 aliphatic heterocycles. The van der Waals surface area contributed by atoms with Crippen molar-refractivity contribution in [3.8, 4) is 5.75 Å². The third-order valence-electron chi connectivity index (χ3n) is 3.09. The lowest BCUT2D eigenvalue weighted by Gasteiger charge is -2.08. The van der Waals surface area contributed by atoms with Crippen LogP contribution in [-0.4, -0.2) is 11.2 Å². The summed E-state index contributed by atoms with van der Waals surface area (Å²) in [7, 11) is 0. The fourth-order valence-electron chi connectivity index (χ4n) is 1.93. The van der Waals surface area contributed by atoms with Gasteiger partial charge in [-0.05, 0) is 38.0 Å². The van der Waals surface area contributed by atoms with E-state index in [2.05, 4.69) is 0 Å². The highest BCUT2D eigenvalue weighted by molar-refractivity contribution is 5.33. The quantitative estimate of drug-likeness (QED) is 0.822. The molecule has 2 N–H and O–H groups in total. The van der Waals surface area contributed by atoms with Crippen LogP contribution < -0.4 is 16.0 Å². The number of ether oxygens (including phenoxy) is 1. The molecule has 0 aliphatic carbocycles. The normalized spacial score (nSPS) is 10.4. The number of aromatic nitrogens is 1. The van der Waals surface area contributed by atoms with Crippen LogP contribution in [0, 0.1) is 6.92 Å². The number of pyridine rings is 1. The Kier molecular flexibility index (Phi) is 4.82. The van der Waals surface area contributed by atoms with Gasteiger partial charge in [0.15, 0.2) is 0 Å². The van der Waals surface area contributed by atoms with E-state index >= 15 is 0 Å². The molecule has 106 valence electrons. The number of anilines is 1. The summed E-state index contributed by atoms with van der Waals surface area (Å²) in [5.74, 6) is 0.886. The highest BCUT2D eigenvalue weighted by Crippen LogP contribution is 2.11. The van der Waals surface area contributed by atoms with E-state index in [4.69, 9.17) is 10.5 Å². The van der Waals surface area contributed by atoms with Gasteiger partial charge < -0.3 is 15.0 Å². The van der Waals surface area contributed by atoms with Crippen LogP contribution in [-0.2, 0) is 6.54 Å². The molecule has 1 aromatic carbocycles. The molecule has 4 heteroatoms. The van der Waals surface area contributed by atoms with Crippen LogP contribution in [0.25, 0.3) is 0 Å². The molecule has 2 rings (SSSR count). The Balaban J connectivity index is 1.73. The molecule has 20 heavy (non-hydrogen) atoms. The molecule has 0 unspecified atom stereocenters. The standard InChI is InChI=1S/C16H20N2O2/c1-13-4-7-15(8-5-13)20-11-3-2-10-18-12-14(17)6-9-16(18)19/h4-9,12H,2-3,10-11,17H2,1H3. The van der Waals surface area contributed by atoms with Gasteiger partial charge in [-0.2, -0.15) is 0 Å². The topological polar surface area (TPSA) is 57.2 Å². The van der Waals surface area contributed by atoms with E-state index in [1.165, 1.54) is 11.6 Å². The lowest BCUT2D eigenvalue weighted by molar-refractivity contribution is 0.303. The zero-order chi connectivity index (χ0) is 14.4. The molecule has 0 radical (unpaired) electrons. The predicted molar refractivity (Wildman–Crippen MR) is 81.0 cm³/mol. The van der Waals surface area contributed by atoms with Crippen molar-refractivity contribution in [2.45, 2.75) is 26.3 Å². The smallest absolute Gasteiger partial charge is 0.250 e. The van der Waals surface area contributed by atoms with Crippen LogP contribution in [0.2, 0.25) is 0 Å². The summed E-state index contributed by atoms with van der Waals surface area (Å²) in [6, 6.07) is 11.1. The molecule has 4 nitrogen and oxygen atoms in total. The van der Waals surface area contributed by atoms with E-state index in [9.17, 15) is 4.79 Å². The van der Waals surface area contributed by atoms with Gasteiger partial charge in [-0.15, -0.1) is 0 Å². The van der Waals surface area contributed by atoms with Gasteiger partial charge >= 0.3 is 0 Å². The van der Waals surface area contributed by atoms with Gasteiger partial charge in [-0.25, -0.2) is 0 Å². The minimum Gasteiger partial charge on any atom is -0.494 e. The lowest BCUT2D eigenvalue weighted by Crippen LogP contribution is -2.19. The number of nitrogen functional groups attached to an aromatic ring is 1. The molecule has 1 heterocycles. The van der Waals surface area contributed by atoms with Crippen molar-refractivity contribution in [1.29, 1.82) is 0 Å². The average molecular weight is 272 g/mol. The third-order valence-corrected chi connectivity index (χ3v) is 3.09. The SMILES string of the molecule is Cc1ccc(OCCCCn2cc(N)ccc2=O)cc1. The van der Waals surface area contributed by atoms with Crippen LogP contribution >= 0.6 is 0 Å². The Bertz CT molecular complexity index is 603. The average Bonchev–Trinajstić information content (AvgIpc) is 2.44. The summed E-state index contributed by atoms with van der Waals surface area (Å²) in [5.41, 5.74) is 7.48. The molecule has 0 saturated carbocycles. The number of nitrogens with zero attached hydrogens (tertiary/aromatic N) is 1. The fraction of sp³-hybridized carbons (Fsp3) is 0.312. The van der Waals surface area contributed by atoms with Crippen molar-refractivity contribution in [2.24, 2.45) is 0 Å². The van der Waals surface area contributed by atoms with Crippen LogP contribution in [0.4, 0.5) is 5.69 Å². The number of aryl methyl sites for hydroxylation is 2.